The molecule has 0 spiro atoms. The molecular weight excluding hydrogens is 256 g/mol. The number of nitrogens with zero attached hydrogens (tertiary/aromatic N) is 3. The highest BCUT2D eigenvalue weighted by atomic mass is 16.2. The first kappa shape index (κ1) is 14.8. The molecule has 2 fully saturated rings. The van der Waals surface area contributed by atoms with Gasteiger partial charge in [0.25, 0.3) is 0 Å². The number of amides is 2. The Hall–Kier alpha value is -1.61. The molecule has 2 amide bonds. The van der Waals surface area contributed by atoms with Crippen LogP contribution in [0.2, 0.25) is 0 Å². The third kappa shape index (κ3) is 3.48. The molecule has 0 aromatic heterocycles. The zero-order chi connectivity index (χ0) is 14.8. The number of hydrogen-bond acceptors (Lipinski definition) is 4. The van der Waals surface area contributed by atoms with Crippen molar-refractivity contribution in [2.75, 3.05) is 32.7 Å². The van der Waals surface area contributed by atoms with Gasteiger partial charge in [-0.25, -0.2) is 0 Å². The van der Waals surface area contributed by atoms with Crippen molar-refractivity contribution in [1.82, 2.24) is 15.1 Å². The van der Waals surface area contributed by atoms with Gasteiger partial charge in [0.2, 0.25) is 11.8 Å². The Balaban J connectivity index is 1.78. The molecule has 1 saturated heterocycles. The van der Waals surface area contributed by atoms with Gasteiger partial charge in [0.15, 0.2) is 0 Å². The summed E-state index contributed by atoms with van der Waals surface area (Å²) in [6.45, 7) is 6.42. The van der Waals surface area contributed by atoms with Gasteiger partial charge in [0, 0.05) is 33.1 Å². The van der Waals surface area contributed by atoms with Gasteiger partial charge in [-0.1, -0.05) is 0 Å². The van der Waals surface area contributed by atoms with E-state index >= 15 is 0 Å². The van der Waals surface area contributed by atoms with Crippen molar-refractivity contribution in [2.24, 2.45) is 5.92 Å². The molecule has 1 aliphatic heterocycles. The van der Waals surface area contributed by atoms with Crippen LogP contribution in [0.4, 0.5) is 0 Å². The Kier molecular flexibility index (Phi) is 4.29. The second-order valence-corrected chi connectivity index (χ2v) is 5.92. The lowest BCUT2D eigenvalue weighted by Gasteiger charge is -2.34. The Morgan fingerprint density at radius 2 is 1.90 bits per heavy atom. The van der Waals surface area contributed by atoms with Crippen LogP contribution in [0.3, 0.4) is 0 Å². The molecule has 1 saturated carbocycles. The first-order valence-corrected chi connectivity index (χ1v) is 7.15. The van der Waals surface area contributed by atoms with Crippen LogP contribution in [0.25, 0.3) is 0 Å². The second-order valence-electron chi connectivity index (χ2n) is 5.92. The summed E-state index contributed by atoms with van der Waals surface area (Å²) in [6.07, 6.45) is 2.03. The Morgan fingerprint density at radius 3 is 2.35 bits per heavy atom. The van der Waals surface area contributed by atoms with E-state index in [1.165, 1.54) is 0 Å². The first-order valence-electron chi connectivity index (χ1n) is 7.15. The number of nitrogens with one attached hydrogen (secondary N) is 1. The van der Waals surface area contributed by atoms with E-state index in [-0.39, 0.29) is 11.8 Å². The lowest BCUT2D eigenvalue weighted by Crippen LogP contribution is -2.54. The molecule has 6 nitrogen and oxygen atoms in total. The highest BCUT2D eigenvalue weighted by molar-refractivity contribution is 5.79. The molecular formula is C14H22N4O2. The van der Waals surface area contributed by atoms with Crippen LogP contribution < -0.4 is 5.32 Å². The van der Waals surface area contributed by atoms with Crippen LogP contribution in [-0.2, 0) is 9.59 Å². The van der Waals surface area contributed by atoms with Gasteiger partial charge in [-0.2, -0.15) is 5.26 Å². The summed E-state index contributed by atoms with van der Waals surface area (Å²) in [5.41, 5.74) is -0.724. The Morgan fingerprint density at radius 1 is 1.30 bits per heavy atom. The third-order valence-corrected chi connectivity index (χ3v) is 4.21. The molecule has 0 radical (unpaired) electrons. The quantitative estimate of drug-likeness (QED) is 0.783. The van der Waals surface area contributed by atoms with Gasteiger partial charge in [-0.3, -0.25) is 14.5 Å². The maximum atomic E-state index is 12.0. The summed E-state index contributed by atoms with van der Waals surface area (Å²) in [5.74, 6) is 0.281. The maximum absolute atomic E-state index is 12.0. The zero-order valence-corrected chi connectivity index (χ0v) is 12.2. The molecule has 1 aliphatic carbocycles. The normalized spacial score (nSPS) is 22.8. The van der Waals surface area contributed by atoms with Gasteiger partial charge in [0.05, 0.1) is 12.6 Å². The van der Waals surface area contributed by atoms with Gasteiger partial charge in [-0.15, -0.1) is 0 Å². The molecule has 2 rings (SSSR count). The number of nitriles is 1. The van der Waals surface area contributed by atoms with Gasteiger partial charge < -0.3 is 10.2 Å². The Bertz CT molecular complexity index is 433. The van der Waals surface area contributed by atoms with Crippen molar-refractivity contribution < 1.29 is 9.59 Å². The molecule has 6 heteroatoms. The molecule has 0 unspecified atom stereocenters. The van der Waals surface area contributed by atoms with Crippen LogP contribution in [-0.4, -0.2) is 59.9 Å². The van der Waals surface area contributed by atoms with Crippen molar-refractivity contribution in [1.29, 1.82) is 5.26 Å². The van der Waals surface area contributed by atoms with E-state index in [1.54, 1.807) is 18.7 Å². The Labute approximate surface area is 119 Å². The summed E-state index contributed by atoms with van der Waals surface area (Å²) < 4.78 is 0. The van der Waals surface area contributed by atoms with E-state index in [2.05, 4.69) is 11.4 Å². The average Bonchev–Trinajstić information content (AvgIpc) is 3.23. The largest absolute Gasteiger partial charge is 0.340 e. The van der Waals surface area contributed by atoms with Crippen LogP contribution in [0.5, 0.6) is 0 Å². The van der Waals surface area contributed by atoms with Crippen molar-refractivity contribution in [3.8, 4) is 6.07 Å². The summed E-state index contributed by atoms with van der Waals surface area (Å²) in [4.78, 5) is 27.1. The highest BCUT2D eigenvalue weighted by Gasteiger charge is 2.43. The van der Waals surface area contributed by atoms with Crippen molar-refractivity contribution in [3.63, 3.8) is 0 Å². The van der Waals surface area contributed by atoms with E-state index in [4.69, 9.17) is 0 Å². The molecule has 110 valence electrons. The molecule has 1 atom stereocenters. The molecule has 1 N–H and O–H groups in total. The van der Waals surface area contributed by atoms with Crippen molar-refractivity contribution in [3.05, 3.63) is 0 Å². The smallest absolute Gasteiger partial charge is 0.235 e. The second kappa shape index (κ2) is 5.80. The lowest BCUT2D eigenvalue weighted by molar-refractivity contribution is -0.131. The highest BCUT2D eigenvalue weighted by Crippen LogP contribution is 2.39. The van der Waals surface area contributed by atoms with E-state index in [9.17, 15) is 14.9 Å². The standard InChI is InChI=1S/C14H22N4O2/c1-11(19)18-7-5-17(6-8-18)9-13(20)16-14(2,10-15)12-3-4-12/h12H,3-9H2,1-2H3,(H,16,20)/t14-/m0/s1. The summed E-state index contributed by atoms with van der Waals surface area (Å²) in [7, 11) is 0. The van der Waals surface area contributed by atoms with E-state index in [1.807, 2.05) is 4.90 Å². The average molecular weight is 278 g/mol. The number of hydrogen-bond donors (Lipinski definition) is 1. The van der Waals surface area contributed by atoms with Gasteiger partial charge in [0.1, 0.15) is 5.54 Å². The maximum Gasteiger partial charge on any atom is 0.235 e. The molecule has 0 aromatic carbocycles. The third-order valence-electron chi connectivity index (χ3n) is 4.21. The van der Waals surface area contributed by atoms with Crippen molar-refractivity contribution in [2.45, 2.75) is 32.2 Å². The van der Waals surface area contributed by atoms with Crippen molar-refractivity contribution >= 4 is 11.8 Å². The molecule has 1 heterocycles. The first-order chi connectivity index (χ1) is 9.44. The topological polar surface area (TPSA) is 76.4 Å². The zero-order valence-electron chi connectivity index (χ0n) is 12.2. The lowest BCUT2D eigenvalue weighted by atomic mass is 9.98. The van der Waals surface area contributed by atoms with E-state index in [0.29, 0.717) is 38.6 Å². The predicted octanol–water partition coefficient (Wildman–Crippen LogP) is -0.0410. The van der Waals surface area contributed by atoms with Gasteiger partial charge >= 0.3 is 0 Å². The molecule has 0 bridgehead atoms. The predicted molar refractivity (Wildman–Crippen MR) is 73.6 cm³/mol. The fraction of sp³-hybridized carbons (Fsp3) is 0.786. The SMILES string of the molecule is CC(=O)N1CCN(CC(=O)N[C@@](C)(C#N)C2CC2)CC1. The minimum Gasteiger partial charge on any atom is -0.340 e. The molecule has 0 aromatic rings. The van der Waals surface area contributed by atoms with E-state index in [0.717, 1.165) is 12.8 Å². The summed E-state index contributed by atoms with van der Waals surface area (Å²) in [6, 6.07) is 2.23. The number of rotatable bonds is 4. The summed E-state index contributed by atoms with van der Waals surface area (Å²) >= 11 is 0. The van der Waals surface area contributed by atoms with Gasteiger partial charge in [-0.05, 0) is 25.7 Å². The fourth-order valence-corrected chi connectivity index (χ4v) is 2.64. The fourth-order valence-electron chi connectivity index (χ4n) is 2.64. The molecule has 2 aliphatic rings. The number of piperazine rings is 1. The minimum atomic E-state index is -0.724. The number of carbonyl (C=O) groups excluding carboxylic acids is 2. The van der Waals surface area contributed by atoms with Crippen LogP contribution in [0, 0.1) is 17.2 Å². The monoisotopic (exact) mass is 278 g/mol. The minimum absolute atomic E-state index is 0.0832. The molecule has 20 heavy (non-hydrogen) atoms. The van der Waals surface area contributed by atoms with Crippen LogP contribution in [0.1, 0.15) is 26.7 Å². The van der Waals surface area contributed by atoms with E-state index < -0.39 is 5.54 Å². The van der Waals surface area contributed by atoms with Crippen LogP contribution in [0.15, 0.2) is 0 Å². The number of carbonyl (C=O) groups is 2. The van der Waals surface area contributed by atoms with Crippen LogP contribution >= 0.6 is 0 Å². The summed E-state index contributed by atoms with van der Waals surface area (Å²) in [5, 5.41) is 12.1.